The van der Waals surface area contributed by atoms with Gasteiger partial charge in [0.15, 0.2) is 0 Å². The molecule has 45 heavy (non-hydrogen) atoms. The first-order chi connectivity index (χ1) is 21.6. The molecule has 3 amide bonds. The van der Waals surface area contributed by atoms with E-state index in [2.05, 4.69) is 48.5 Å². The molecule has 230 valence electrons. The van der Waals surface area contributed by atoms with Crippen LogP contribution in [-0.2, 0) is 11.8 Å². The van der Waals surface area contributed by atoms with Crippen molar-refractivity contribution in [1.29, 1.82) is 0 Å². The molecule has 0 radical (unpaired) electrons. The van der Waals surface area contributed by atoms with Crippen molar-refractivity contribution >= 4 is 34.3 Å². The van der Waals surface area contributed by atoms with Crippen LogP contribution in [0.4, 0.5) is 16.3 Å². The predicted molar refractivity (Wildman–Crippen MR) is 180 cm³/mol. The summed E-state index contributed by atoms with van der Waals surface area (Å²) in [5.41, 5.74) is 6.26. The number of aromatic nitrogens is 3. The molecule has 0 spiro atoms. The molecule has 1 aliphatic heterocycles. The van der Waals surface area contributed by atoms with E-state index in [1.54, 1.807) is 10.9 Å². The lowest BCUT2D eigenvalue weighted by molar-refractivity contribution is 0.0690. The molecule has 1 fully saturated rings. The minimum atomic E-state index is -0.324. The van der Waals surface area contributed by atoms with E-state index in [1.807, 2.05) is 84.6 Å². The number of nitrogens with zero attached hydrogens (tertiary/aromatic N) is 4. The fraction of sp³-hybridized carbons (Fsp3) is 0.297. The molecule has 1 aliphatic rings. The second kappa shape index (κ2) is 12.6. The highest BCUT2D eigenvalue weighted by molar-refractivity contribution is 5.99. The highest BCUT2D eigenvalue weighted by atomic mass is 16.2. The third kappa shape index (κ3) is 7.06. The summed E-state index contributed by atoms with van der Waals surface area (Å²) in [6.45, 7) is 9.84. The number of nitrogens with one attached hydrogen (secondary N) is 2. The van der Waals surface area contributed by atoms with Crippen molar-refractivity contribution in [1.82, 2.24) is 19.7 Å². The second-order valence-corrected chi connectivity index (χ2v) is 13.0. The van der Waals surface area contributed by atoms with Gasteiger partial charge < -0.3 is 10.2 Å². The Bertz CT molecular complexity index is 1810. The van der Waals surface area contributed by atoms with Crippen LogP contribution in [-0.4, -0.2) is 44.7 Å². The van der Waals surface area contributed by atoms with Crippen LogP contribution >= 0.6 is 0 Å². The number of carbonyl (C=O) groups excluding carboxylic acids is 2. The maximum atomic E-state index is 13.1. The van der Waals surface area contributed by atoms with E-state index >= 15 is 0 Å². The number of pyridine rings is 1. The average molecular weight is 601 g/mol. The van der Waals surface area contributed by atoms with E-state index in [-0.39, 0.29) is 17.4 Å². The quantitative estimate of drug-likeness (QED) is 0.208. The number of piperidine rings is 1. The number of aryl methyl sites for hydroxylation is 1. The van der Waals surface area contributed by atoms with Gasteiger partial charge in [-0.25, -0.2) is 9.48 Å². The Morgan fingerprint density at radius 3 is 2.31 bits per heavy atom. The van der Waals surface area contributed by atoms with Crippen LogP contribution in [0.2, 0.25) is 0 Å². The first-order valence-corrected chi connectivity index (χ1v) is 15.6. The third-order valence-electron chi connectivity index (χ3n) is 8.47. The number of amides is 3. The van der Waals surface area contributed by atoms with Gasteiger partial charge in [0.05, 0.1) is 22.5 Å². The van der Waals surface area contributed by atoms with Gasteiger partial charge >= 0.3 is 6.03 Å². The zero-order valence-corrected chi connectivity index (χ0v) is 26.4. The van der Waals surface area contributed by atoms with Crippen molar-refractivity contribution in [2.24, 2.45) is 5.92 Å². The Morgan fingerprint density at radius 1 is 0.889 bits per heavy atom. The van der Waals surface area contributed by atoms with Gasteiger partial charge in [0.2, 0.25) is 0 Å². The SMILES string of the molecule is Cc1ccc(-n2nc(C(C)(C)C)cc2NC(=O)Nc2ccc(CC3CCN(C(=O)c4cnc5ccccc5c4)CC3)cc2)cc1. The highest BCUT2D eigenvalue weighted by Gasteiger charge is 2.25. The van der Waals surface area contributed by atoms with Crippen LogP contribution in [0.15, 0.2) is 91.1 Å². The van der Waals surface area contributed by atoms with Crippen LogP contribution in [0.5, 0.6) is 0 Å². The van der Waals surface area contributed by atoms with E-state index in [0.29, 0.717) is 17.3 Å². The Kier molecular flexibility index (Phi) is 8.39. The number of carbonyl (C=O) groups is 2. The van der Waals surface area contributed by atoms with Crippen molar-refractivity contribution < 1.29 is 9.59 Å². The lowest BCUT2D eigenvalue weighted by atomic mass is 9.90. The number of anilines is 2. The average Bonchev–Trinajstić information content (AvgIpc) is 3.46. The largest absolute Gasteiger partial charge is 0.339 e. The molecule has 2 N–H and O–H groups in total. The topological polar surface area (TPSA) is 92.2 Å². The van der Waals surface area contributed by atoms with Gasteiger partial charge in [-0.15, -0.1) is 0 Å². The molecule has 3 aromatic carbocycles. The maximum Gasteiger partial charge on any atom is 0.324 e. The molecule has 0 bridgehead atoms. The van der Waals surface area contributed by atoms with Gasteiger partial charge in [-0.3, -0.25) is 15.1 Å². The van der Waals surface area contributed by atoms with E-state index in [1.165, 1.54) is 5.56 Å². The van der Waals surface area contributed by atoms with Gasteiger partial charge in [-0.1, -0.05) is 68.8 Å². The summed E-state index contributed by atoms with van der Waals surface area (Å²) in [6.07, 6.45) is 4.55. The second-order valence-electron chi connectivity index (χ2n) is 13.0. The van der Waals surface area contributed by atoms with Gasteiger partial charge in [0.25, 0.3) is 5.91 Å². The Hall–Kier alpha value is -4.98. The molecule has 5 aromatic rings. The number of hydrogen-bond acceptors (Lipinski definition) is 4. The zero-order valence-electron chi connectivity index (χ0n) is 26.4. The Morgan fingerprint density at radius 2 is 1.60 bits per heavy atom. The number of rotatable bonds is 6. The molecule has 6 rings (SSSR count). The molecule has 0 saturated carbocycles. The molecule has 2 aromatic heterocycles. The molecule has 0 unspecified atom stereocenters. The molecule has 0 aliphatic carbocycles. The summed E-state index contributed by atoms with van der Waals surface area (Å²) >= 11 is 0. The number of benzene rings is 3. The fourth-order valence-corrected chi connectivity index (χ4v) is 5.77. The number of fused-ring (bicyclic) bond motifs is 1. The van der Waals surface area contributed by atoms with Gasteiger partial charge in [-0.05, 0) is 74.1 Å². The minimum Gasteiger partial charge on any atom is -0.339 e. The fourth-order valence-electron chi connectivity index (χ4n) is 5.77. The number of hydrogen-bond donors (Lipinski definition) is 2. The van der Waals surface area contributed by atoms with Crippen molar-refractivity contribution in [3.63, 3.8) is 0 Å². The summed E-state index contributed by atoms with van der Waals surface area (Å²) in [4.78, 5) is 32.6. The van der Waals surface area contributed by atoms with E-state index in [0.717, 1.165) is 65.9 Å². The first-order valence-electron chi connectivity index (χ1n) is 15.6. The summed E-state index contributed by atoms with van der Waals surface area (Å²) < 4.78 is 1.78. The standard InChI is InChI=1S/C37H40N6O2/c1-25-9-15-31(16-10-25)43-34(23-33(41-43)37(2,3)4)40-36(45)39-30-13-11-26(12-14-30)21-27-17-19-42(20-18-27)35(44)29-22-28-7-5-6-8-32(28)38-24-29/h5-16,22-24,27H,17-21H2,1-4H3,(H2,39,40,45). The van der Waals surface area contributed by atoms with Crippen LogP contribution in [0, 0.1) is 12.8 Å². The van der Waals surface area contributed by atoms with E-state index in [9.17, 15) is 9.59 Å². The number of para-hydroxylation sites is 1. The van der Waals surface area contributed by atoms with Crippen LogP contribution in [0.3, 0.4) is 0 Å². The van der Waals surface area contributed by atoms with E-state index in [4.69, 9.17) is 5.10 Å². The summed E-state index contributed by atoms with van der Waals surface area (Å²) in [5, 5.41) is 11.7. The molecule has 0 atom stereocenters. The number of urea groups is 1. The predicted octanol–water partition coefficient (Wildman–Crippen LogP) is 7.77. The lowest BCUT2D eigenvalue weighted by Gasteiger charge is -2.32. The monoisotopic (exact) mass is 600 g/mol. The lowest BCUT2D eigenvalue weighted by Crippen LogP contribution is -2.39. The van der Waals surface area contributed by atoms with Crippen molar-refractivity contribution in [3.05, 3.63) is 114 Å². The summed E-state index contributed by atoms with van der Waals surface area (Å²) in [6, 6.07) is 27.5. The van der Waals surface area contributed by atoms with Crippen LogP contribution < -0.4 is 10.6 Å². The molecule has 8 heteroatoms. The third-order valence-corrected chi connectivity index (χ3v) is 8.47. The summed E-state index contributed by atoms with van der Waals surface area (Å²) in [5.74, 6) is 1.17. The molecule has 1 saturated heterocycles. The normalized spacial score (nSPS) is 14.0. The number of likely N-dealkylation sites (tertiary alicyclic amines) is 1. The first kappa shape index (κ1) is 30.1. The zero-order chi connectivity index (χ0) is 31.6. The van der Waals surface area contributed by atoms with Crippen molar-refractivity contribution in [2.45, 2.75) is 52.4 Å². The smallest absolute Gasteiger partial charge is 0.324 e. The van der Waals surface area contributed by atoms with Crippen LogP contribution in [0.1, 0.15) is 60.8 Å². The molecular formula is C37H40N6O2. The molecule has 3 heterocycles. The highest BCUT2D eigenvalue weighted by Crippen LogP contribution is 2.27. The van der Waals surface area contributed by atoms with Crippen molar-refractivity contribution in [3.8, 4) is 5.69 Å². The maximum absolute atomic E-state index is 13.1. The van der Waals surface area contributed by atoms with Crippen molar-refractivity contribution in [2.75, 3.05) is 23.7 Å². The Balaban J connectivity index is 1.03. The molecule has 8 nitrogen and oxygen atoms in total. The van der Waals surface area contributed by atoms with Gasteiger partial charge in [-0.2, -0.15) is 5.10 Å². The Labute approximate surface area is 264 Å². The summed E-state index contributed by atoms with van der Waals surface area (Å²) in [7, 11) is 0. The minimum absolute atomic E-state index is 0.0527. The van der Waals surface area contributed by atoms with Crippen LogP contribution in [0.25, 0.3) is 16.6 Å². The van der Waals surface area contributed by atoms with E-state index < -0.39 is 0 Å². The molecular weight excluding hydrogens is 560 g/mol. The van der Waals surface area contributed by atoms with Gasteiger partial charge in [0, 0.05) is 41.8 Å². The van der Waals surface area contributed by atoms with Gasteiger partial charge in [0.1, 0.15) is 5.82 Å².